The van der Waals surface area contributed by atoms with Crippen molar-refractivity contribution in [2.75, 3.05) is 18.0 Å². The number of benzene rings is 1. The molecule has 0 radical (unpaired) electrons. The number of aryl methyl sites for hydroxylation is 1. The van der Waals surface area contributed by atoms with Gasteiger partial charge in [0, 0.05) is 24.7 Å². The molecule has 1 aromatic carbocycles. The van der Waals surface area contributed by atoms with Crippen molar-refractivity contribution in [3.63, 3.8) is 0 Å². The summed E-state index contributed by atoms with van der Waals surface area (Å²) in [5, 5.41) is 0. The molecule has 1 saturated heterocycles. The topological polar surface area (TPSA) is 3.24 Å². The Hall–Kier alpha value is -0.690. The summed E-state index contributed by atoms with van der Waals surface area (Å²) in [6.07, 6.45) is 4.03. The van der Waals surface area contributed by atoms with Gasteiger partial charge in [0.15, 0.2) is 0 Å². The second kappa shape index (κ2) is 5.77. The largest absolute Gasteiger partial charge is 0.371 e. The number of rotatable bonds is 4. The lowest BCUT2D eigenvalue weighted by molar-refractivity contribution is 0.530. The summed E-state index contributed by atoms with van der Waals surface area (Å²) in [4.78, 5) is 2.54. The molecule has 1 heterocycles. The maximum atomic E-state index is 5.86. The Balaban J connectivity index is 2.08. The van der Waals surface area contributed by atoms with Crippen molar-refractivity contribution >= 4 is 17.3 Å². The van der Waals surface area contributed by atoms with Crippen LogP contribution in [0.5, 0.6) is 0 Å². The first-order valence-corrected chi connectivity index (χ1v) is 7.18. The minimum Gasteiger partial charge on any atom is -0.371 e. The smallest absolute Gasteiger partial charge is 0.0474 e. The Kier molecular flexibility index (Phi) is 4.33. The summed E-state index contributed by atoms with van der Waals surface area (Å²) < 4.78 is 0. The van der Waals surface area contributed by atoms with Gasteiger partial charge in [-0.3, -0.25) is 0 Å². The van der Waals surface area contributed by atoms with Crippen molar-refractivity contribution < 1.29 is 0 Å². The summed E-state index contributed by atoms with van der Waals surface area (Å²) in [6.45, 7) is 6.92. The molecule has 1 nitrogen and oxygen atoms in total. The molecule has 0 N–H and O–H groups in total. The Labute approximate surface area is 110 Å². The SMILES string of the molecule is CCCC1CCN(c2ccc(CCl)cc2C)C1. The lowest BCUT2D eigenvalue weighted by Gasteiger charge is -2.21. The lowest BCUT2D eigenvalue weighted by atomic mass is 10.0. The number of hydrogen-bond donors (Lipinski definition) is 0. The first-order valence-electron chi connectivity index (χ1n) is 6.65. The molecule has 1 unspecified atom stereocenters. The van der Waals surface area contributed by atoms with Gasteiger partial charge in [0.05, 0.1) is 0 Å². The second-order valence-corrected chi connectivity index (χ2v) is 5.41. The van der Waals surface area contributed by atoms with E-state index >= 15 is 0 Å². The predicted molar refractivity (Wildman–Crippen MR) is 76.0 cm³/mol. The molecular formula is C15H22ClN. The Morgan fingerprint density at radius 3 is 2.88 bits per heavy atom. The van der Waals surface area contributed by atoms with E-state index in [-0.39, 0.29) is 0 Å². The van der Waals surface area contributed by atoms with Crippen LogP contribution in [0.25, 0.3) is 0 Å². The third-order valence-electron chi connectivity index (χ3n) is 3.74. The van der Waals surface area contributed by atoms with Gasteiger partial charge < -0.3 is 4.90 Å². The molecule has 0 saturated carbocycles. The monoisotopic (exact) mass is 251 g/mol. The Morgan fingerprint density at radius 2 is 2.24 bits per heavy atom. The average molecular weight is 252 g/mol. The Bertz CT molecular complexity index is 375. The third kappa shape index (κ3) is 2.95. The van der Waals surface area contributed by atoms with Crippen LogP contribution in [0.2, 0.25) is 0 Å². The van der Waals surface area contributed by atoms with Crippen molar-refractivity contribution in [2.45, 2.75) is 39.0 Å². The molecule has 0 spiro atoms. The molecule has 1 aliphatic heterocycles. The number of nitrogens with zero attached hydrogens (tertiary/aromatic N) is 1. The van der Waals surface area contributed by atoms with E-state index in [2.05, 4.69) is 36.9 Å². The van der Waals surface area contributed by atoms with Gasteiger partial charge >= 0.3 is 0 Å². The standard InChI is InChI=1S/C15H22ClN/c1-3-4-13-7-8-17(11-13)15-6-5-14(10-16)9-12(15)2/h5-6,9,13H,3-4,7-8,10-11H2,1-2H3. The highest BCUT2D eigenvalue weighted by molar-refractivity contribution is 6.17. The van der Waals surface area contributed by atoms with Crippen LogP contribution in [0.4, 0.5) is 5.69 Å². The van der Waals surface area contributed by atoms with Crippen molar-refractivity contribution in [1.82, 2.24) is 0 Å². The molecule has 1 atom stereocenters. The van der Waals surface area contributed by atoms with Gasteiger partial charge in [-0.1, -0.05) is 25.5 Å². The van der Waals surface area contributed by atoms with Gasteiger partial charge in [-0.05, 0) is 42.9 Å². The van der Waals surface area contributed by atoms with Crippen LogP contribution in [0, 0.1) is 12.8 Å². The zero-order valence-electron chi connectivity index (χ0n) is 10.9. The summed E-state index contributed by atoms with van der Waals surface area (Å²) >= 11 is 5.86. The van der Waals surface area contributed by atoms with E-state index in [1.807, 2.05) is 0 Å². The van der Waals surface area contributed by atoms with E-state index < -0.39 is 0 Å². The van der Waals surface area contributed by atoms with Crippen LogP contribution in [0.3, 0.4) is 0 Å². The first-order chi connectivity index (χ1) is 8.24. The van der Waals surface area contributed by atoms with Crippen LogP contribution >= 0.6 is 11.6 Å². The molecule has 1 aliphatic rings. The molecular weight excluding hydrogens is 230 g/mol. The highest BCUT2D eigenvalue weighted by Gasteiger charge is 2.22. The number of anilines is 1. The van der Waals surface area contributed by atoms with E-state index in [9.17, 15) is 0 Å². The highest BCUT2D eigenvalue weighted by Crippen LogP contribution is 2.29. The highest BCUT2D eigenvalue weighted by atomic mass is 35.5. The van der Waals surface area contributed by atoms with Gasteiger partial charge in [-0.25, -0.2) is 0 Å². The second-order valence-electron chi connectivity index (χ2n) is 5.14. The predicted octanol–water partition coefficient (Wildman–Crippen LogP) is 4.36. The minimum absolute atomic E-state index is 0.611. The van der Waals surface area contributed by atoms with Crippen LogP contribution in [0.15, 0.2) is 18.2 Å². The van der Waals surface area contributed by atoms with Gasteiger partial charge in [-0.15, -0.1) is 11.6 Å². The van der Waals surface area contributed by atoms with Gasteiger partial charge in [0.2, 0.25) is 0 Å². The molecule has 0 aliphatic carbocycles. The van der Waals surface area contributed by atoms with E-state index in [4.69, 9.17) is 11.6 Å². The van der Waals surface area contributed by atoms with E-state index in [1.54, 1.807) is 0 Å². The summed E-state index contributed by atoms with van der Waals surface area (Å²) in [5.74, 6) is 1.51. The molecule has 2 heteroatoms. The fourth-order valence-electron chi connectivity index (χ4n) is 2.85. The third-order valence-corrected chi connectivity index (χ3v) is 4.05. The Morgan fingerprint density at radius 1 is 1.41 bits per heavy atom. The molecule has 2 rings (SSSR count). The quantitative estimate of drug-likeness (QED) is 0.719. The van der Waals surface area contributed by atoms with Crippen molar-refractivity contribution in [2.24, 2.45) is 5.92 Å². The molecule has 0 amide bonds. The normalized spacial score (nSPS) is 19.9. The first kappa shape index (κ1) is 12.8. The van der Waals surface area contributed by atoms with Gasteiger partial charge in [0.25, 0.3) is 0 Å². The lowest BCUT2D eigenvalue weighted by Crippen LogP contribution is -2.20. The molecule has 0 aromatic heterocycles. The molecule has 0 bridgehead atoms. The summed E-state index contributed by atoms with van der Waals surface area (Å²) in [7, 11) is 0. The average Bonchev–Trinajstić information content (AvgIpc) is 2.78. The zero-order chi connectivity index (χ0) is 12.3. The van der Waals surface area contributed by atoms with Crippen LogP contribution < -0.4 is 4.90 Å². The molecule has 17 heavy (non-hydrogen) atoms. The molecule has 94 valence electrons. The number of alkyl halides is 1. The van der Waals surface area contributed by atoms with E-state index in [0.29, 0.717) is 5.88 Å². The molecule has 1 aromatic rings. The van der Waals surface area contributed by atoms with Crippen LogP contribution in [0.1, 0.15) is 37.3 Å². The van der Waals surface area contributed by atoms with Crippen LogP contribution in [-0.2, 0) is 5.88 Å². The molecule has 1 fully saturated rings. The number of hydrogen-bond acceptors (Lipinski definition) is 1. The van der Waals surface area contributed by atoms with Gasteiger partial charge in [-0.2, -0.15) is 0 Å². The minimum atomic E-state index is 0.611. The number of halogens is 1. The van der Waals surface area contributed by atoms with Gasteiger partial charge in [0.1, 0.15) is 0 Å². The van der Waals surface area contributed by atoms with E-state index in [1.165, 1.54) is 49.2 Å². The fraction of sp³-hybridized carbons (Fsp3) is 0.600. The maximum Gasteiger partial charge on any atom is 0.0474 e. The zero-order valence-corrected chi connectivity index (χ0v) is 11.6. The van der Waals surface area contributed by atoms with E-state index in [0.717, 1.165) is 5.92 Å². The van der Waals surface area contributed by atoms with Crippen LogP contribution in [-0.4, -0.2) is 13.1 Å². The fourth-order valence-corrected chi connectivity index (χ4v) is 3.02. The van der Waals surface area contributed by atoms with Crippen molar-refractivity contribution in [3.8, 4) is 0 Å². The summed E-state index contributed by atoms with van der Waals surface area (Å²) in [5.41, 5.74) is 3.98. The maximum absolute atomic E-state index is 5.86. The van der Waals surface area contributed by atoms with Crippen molar-refractivity contribution in [3.05, 3.63) is 29.3 Å². The summed E-state index contributed by atoms with van der Waals surface area (Å²) in [6, 6.07) is 6.61. The van der Waals surface area contributed by atoms with Crippen molar-refractivity contribution in [1.29, 1.82) is 0 Å².